The van der Waals surface area contributed by atoms with Crippen molar-refractivity contribution in [3.8, 4) is 0 Å². The monoisotopic (exact) mass is 896 g/mol. The predicted molar refractivity (Wildman–Crippen MR) is 278 cm³/mol. The highest BCUT2D eigenvalue weighted by atomic mass is 16.5. The van der Waals surface area contributed by atoms with E-state index in [9.17, 15) is 19.8 Å². The van der Waals surface area contributed by atoms with E-state index < -0.39 is 18.2 Å². The number of aliphatic hydroxyl groups excluding tert-OH is 2. The van der Waals surface area contributed by atoms with Crippen molar-refractivity contribution in [2.45, 2.75) is 289 Å². The lowest BCUT2D eigenvalue weighted by Crippen LogP contribution is -2.46. The standard InChI is InChI=1S/C58H105NO5/c1-4-7-10-13-16-19-22-25-27-29-32-34-37-40-43-46-49-54(64-58(63)51-48-45-42-39-36-31-24-21-18-15-12-9-6-3)52-57(62)59-55(53-60)56(61)50-47-44-41-38-35-33-30-28-26-23-20-17-14-11-8-5-2/h10,13,16,19,22,25,27,29,32,34,54-56,60-61H,4-9,11-12,14-15,17-18,20-21,23-24,26,28,30-31,33,35-53H2,1-3H3,(H,59,62)/b13-10+,19-16+,25-22+,29-27+,34-32+. The van der Waals surface area contributed by atoms with Gasteiger partial charge in [0.15, 0.2) is 0 Å². The van der Waals surface area contributed by atoms with Crippen molar-refractivity contribution in [3.63, 3.8) is 0 Å². The van der Waals surface area contributed by atoms with Gasteiger partial charge in [-0.1, -0.05) is 274 Å². The minimum atomic E-state index is -0.800. The first-order valence-corrected chi connectivity index (χ1v) is 27.6. The van der Waals surface area contributed by atoms with Crippen LogP contribution in [-0.4, -0.2) is 46.9 Å². The summed E-state index contributed by atoms with van der Waals surface area (Å²) in [5.41, 5.74) is 0. The summed E-state index contributed by atoms with van der Waals surface area (Å²) in [5, 5.41) is 23.8. The van der Waals surface area contributed by atoms with E-state index in [2.05, 4.69) is 50.4 Å². The topological polar surface area (TPSA) is 95.9 Å². The Kier molecular flexibility index (Phi) is 49.6. The molecule has 0 heterocycles. The Morgan fingerprint density at radius 3 is 1.27 bits per heavy atom. The smallest absolute Gasteiger partial charge is 0.306 e. The zero-order valence-corrected chi connectivity index (χ0v) is 42.4. The normalized spacial score (nSPS) is 13.6. The molecule has 6 nitrogen and oxygen atoms in total. The Labute approximate surface area is 397 Å². The molecule has 0 aromatic rings. The number of aliphatic hydroxyl groups is 2. The second-order valence-corrected chi connectivity index (χ2v) is 18.8. The Morgan fingerprint density at radius 1 is 0.453 bits per heavy atom. The zero-order chi connectivity index (χ0) is 46.7. The van der Waals surface area contributed by atoms with Crippen LogP contribution in [0.2, 0.25) is 0 Å². The molecular formula is C58H105NO5. The van der Waals surface area contributed by atoms with E-state index in [4.69, 9.17) is 4.74 Å². The third-order valence-electron chi connectivity index (χ3n) is 12.5. The second kappa shape index (κ2) is 51.5. The summed E-state index contributed by atoms with van der Waals surface area (Å²) in [7, 11) is 0. The summed E-state index contributed by atoms with van der Waals surface area (Å²) in [4.78, 5) is 26.2. The zero-order valence-electron chi connectivity index (χ0n) is 42.4. The quantitative estimate of drug-likeness (QED) is 0.0321. The molecule has 372 valence electrons. The average Bonchev–Trinajstić information content (AvgIpc) is 3.29. The number of nitrogens with one attached hydrogen (secondary N) is 1. The van der Waals surface area contributed by atoms with Crippen LogP contribution in [0, 0.1) is 0 Å². The van der Waals surface area contributed by atoms with Crippen LogP contribution in [0.1, 0.15) is 271 Å². The molecule has 0 radical (unpaired) electrons. The van der Waals surface area contributed by atoms with Gasteiger partial charge in [-0.05, 0) is 44.9 Å². The fourth-order valence-corrected chi connectivity index (χ4v) is 8.29. The van der Waals surface area contributed by atoms with Crippen molar-refractivity contribution >= 4 is 11.9 Å². The van der Waals surface area contributed by atoms with Gasteiger partial charge in [0, 0.05) is 6.42 Å². The van der Waals surface area contributed by atoms with E-state index >= 15 is 0 Å². The first-order valence-electron chi connectivity index (χ1n) is 27.6. The first kappa shape index (κ1) is 61.6. The lowest BCUT2D eigenvalue weighted by molar-refractivity contribution is -0.151. The maximum Gasteiger partial charge on any atom is 0.306 e. The van der Waals surface area contributed by atoms with Crippen LogP contribution in [0.25, 0.3) is 0 Å². The predicted octanol–water partition coefficient (Wildman–Crippen LogP) is 16.8. The molecule has 6 heteroatoms. The molecule has 64 heavy (non-hydrogen) atoms. The molecule has 0 aliphatic rings. The van der Waals surface area contributed by atoms with Gasteiger partial charge < -0.3 is 20.3 Å². The van der Waals surface area contributed by atoms with Crippen molar-refractivity contribution in [2.75, 3.05) is 6.61 Å². The number of esters is 1. The van der Waals surface area contributed by atoms with E-state index in [1.807, 2.05) is 36.5 Å². The highest BCUT2D eigenvalue weighted by Gasteiger charge is 2.24. The number of hydrogen-bond donors (Lipinski definition) is 3. The molecule has 0 aliphatic heterocycles. The first-order chi connectivity index (χ1) is 31.5. The van der Waals surface area contributed by atoms with Crippen LogP contribution in [-0.2, 0) is 14.3 Å². The number of allylic oxidation sites excluding steroid dienone is 10. The number of ether oxygens (including phenoxy) is 1. The van der Waals surface area contributed by atoms with Crippen LogP contribution >= 0.6 is 0 Å². The van der Waals surface area contributed by atoms with Gasteiger partial charge in [0.1, 0.15) is 6.10 Å². The van der Waals surface area contributed by atoms with Crippen LogP contribution in [0.4, 0.5) is 0 Å². The molecule has 0 spiro atoms. The van der Waals surface area contributed by atoms with E-state index in [0.717, 1.165) is 70.6 Å². The van der Waals surface area contributed by atoms with Crippen molar-refractivity contribution in [1.82, 2.24) is 5.32 Å². The number of rotatable bonds is 49. The maximum atomic E-state index is 13.2. The molecule has 1 amide bonds. The minimum Gasteiger partial charge on any atom is -0.462 e. The van der Waals surface area contributed by atoms with E-state index in [1.54, 1.807) is 0 Å². The molecule has 0 fully saturated rings. The third-order valence-corrected chi connectivity index (χ3v) is 12.5. The van der Waals surface area contributed by atoms with Gasteiger partial charge in [0.05, 0.1) is 25.2 Å². The summed E-state index contributed by atoms with van der Waals surface area (Å²) >= 11 is 0. The number of carbonyl (C=O) groups excluding carboxylic acids is 2. The second-order valence-electron chi connectivity index (χ2n) is 18.8. The number of carbonyl (C=O) groups is 2. The molecule has 3 atom stereocenters. The van der Waals surface area contributed by atoms with Crippen LogP contribution < -0.4 is 5.32 Å². The van der Waals surface area contributed by atoms with Crippen molar-refractivity contribution < 1.29 is 24.5 Å². The Balaban J connectivity index is 4.63. The lowest BCUT2D eigenvalue weighted by atomic mass is 10.0. The van der Waals surface area contributed by atoms with Gasteiger partial charge in [-0.3, -0.25) is 9.59 Å². The summed E-state index contributed by atoms with van der Waals surface area (Å²) in [6.45, 7) is 6.40. The van der Waals surface area contributed by atoms with Crippen LogP contribution in [0.3, 0.4) is 0 Å². The molecule has 0 saturated carbocycles. The third kappa shape index (κ3) is 46.1. The molecule has 0 aromatic carbocycles. The largest absolute Gasteiger partial charge is 0.462 e. The molecule has 0 saturated heterocycles. The van der Waals surface area contributed by atoms with Crippen molar-refractivity contribution in [1.29, 1.82) is 0 Å². The molecule has 3 N–H and O–H groups in total. The highest BCUT2D eigenvalue weighted by molar-refractivity contribution is 5.77. The molecule has 0 aromatic heterocycles. The number of amides is 1. The summed E-state index contributed by atoms with van der Waals surface area (Å²) < 4.78 is 5.93. The molecule has 0 rings (SSSR count). The van der Waals surface area contributed by atoms with Crippen molar-refractivity contribution in [3.05, 3.63) is 60.8 Å². The number of unbranched alkanes of at least 4 members (excludes halogenated alkanes) is 31. The lowest BCUT2D eigenvalue weighted by Gasteiger charge is -2.24. The van der Waals surface area contributed by atoms with Gasteiger partial charge in [-0.15, -0.1) is 0 Å². The number of hydrogen-bond acceptors (Lipinski definition) is 5. The molecular weight excluding hydrogens is 791 g/mol. The van der Waals surface area contributed by atoms with Gasteiger partial charge in [0.25, 0.3) is 0 Å². The van der Waals surface area contributed by atoms with Crippen molar-refractivity contribution in [2.24, 2.45) is 0 Å². The summed E-state index contributed by atoms with van der Waals surface area (Å²) in [6.07, 6.45) is 64.2. The SMILES string of the molecule is CCC/C=C/C=C/C=C/C=C/C=C/CCCCCC(CC(=O)NC(CO)C(O)CCCCCCCCCCCCCCCCCC)OC(=O)CCCCCCCCCCCCCCC. The Bertz CT molecular complexity index is 1140. The van der Waals surface area contributed by atoms with Gasteiger partial charge in [-0.2, -0.15) is 0 Å². The van der Waals surface area contributed by atoms with Gasteiger partial charge in [-0.25, -0.2) is 0 Å². The fraction of sp³-hybridized carbons (Fsp3) is 0.793. The van der Waals surface area contributed by atoms with Gasteiger partial charge in [0.2, 0.25) is 5.91 Å². The highest BCUT2D eigenvalue weighted by Crippen LogP contribution is 2.18. The minimum absolute atomic E-state index is 0.0506. The van der Waals surface area contributed by atoms with E-state index in [0.29, 0.717) is 19.3 Å². The van der Waals surface area contributed by atoms with Gasteiger partial charge >= 0.3 is 5.97 Å². The van der Waals surface area contributed by atoms with E-state index in [1.165, 1.54) is 154 Å². The fourth-order valence-electron chi connectivity index (χ4n) is 8.29. The Morgan fingerprint density at radius 2 is 0.828 bits per heavy atom. The molecule has 3 unspecified atom stereocenters. The molecule has 0 aliphatic carbocycles. The van der Waals surface area contributed by atoms with Crippen LogP contribution in [0.15, 0.2) is 60.8 Å². The molecule has 0 bridgehead atoms. The maximum absolute atomic E-state index is 13.2. The average molecular weight is 896 g/mol. The summed E-state index contributed by atoms with van der Waals surface area (Å²) in [6, 6.07) is -0.716. The Hall–Kier alpha value is -2.44. The summed E-state index contributed by atoms with van der Waals surface area (Å²) in [5.74, 6) is -0.508. The van der Waals surface area contributed by atoms with Crippen LogP contribution in [0.5, 0.6) is 0 Å². The van der Waals surface area contributed by atoms with E-state index in [-0.39, 0.29) is 24.9 Å².